The highest BCUT2D eigenvalue weighted by molar-refractivity contribution is 6.68. The van der Waals surface area contributed by atoms with Gasteiger partial charge in [0.15, 0.2) is 0 Å². The highest BCUT2D eigenvalue weighted by Gasteiger charge is 2.08. The van der Waals surface area contributed by atoms with Crippen LogP contribution in [0.15, 0.2) is 48.7 Å². The van der Waals surface area contributed by atoms with Crippen LogP contribution in [0.1, 0.15) is 10.4 Å². The highest BCUT2D eigenvalue weighted by Crippen LogP contribution is 2.27. The van der Waals surface area contributed by atoms with Crippen molar-refractivity contribution < 1.29 is 9.53 Å². The largest absolute Gasteiger partial charge is 0.439 e. The van der Waals surface area contributed by atoms with Crippen molar-refractivity contribution in [3.63, 3.8) is 0 Å². The Labute approximate surface area is 142 Å². The Hall–Kier alpha value is -1.88. The van der Waals surface area contributed by atoms with E-state index in [1.807, 2.05) is 6.07 Å². The predicted molar refractivity (Wildman–Crippen MR) is 88.5 cm³/mol. The van der Waals surface area contributed by atoms with E-state index in [4.69, 9.17) is 27.9 Å². The van der Waals surface area contributed by atoms with E-state index in [1.165, 1.54) is 6.20 Å². The summed E-state index contributed by atoms with van der Waals surface area (Å²) in [7, 11) is 0. The van der Waals surface area contributed by atoms with Crippen molar-refractivity contribution >= 4 is 51.6 Å². The maximum absolute atomic E-state index is 11.4. The molecule has 3 rings (SSSR count). The van der Waals surface area contributed by atoms with Gasteiger partial charge >= 0.3 is 0 Å². The average Bonchev–Trinajstić information content (AvgIpc) is 2.46. The number of ether oxygens (including phenoxy) is 1. The lowest BCUT2D eigenvalue weighted by atomic mass is 10.1. The van der Waals surface area contributed by atoms with Crippen LogP contribution in [0.4, 0.5) is 0 Å². The average molecular weight is 356 g/mol. The lowest BCUT2D eigenvalue weighted by Gasteiger charge is -2.07. The number of carbonyl (C=O) groups excluding carboxylic acids is 1. The molecule has 0 N–H and O–H groups in total. The number of aromatic nitrogens is 2. The molecule has 0 spiro atoms. The molecule has 7 heteroatoms. The van der Waals surface area contributed by atoms with Crippen LogP contribution in [0, 0.1) is 0 Å². The molecule has 3 aromatic rings. The molecule has 0 unspecified atom stereocenters. The van der Waals surface area contributed by atoms with Gasteiger partial charge in [-0.3, -0.25) is 4.79 Å². The van der Waals surface area contributed by atoms with Crippen LogP contribution in [-0.4, -0.2) is 15.2 Å². The Morgan fingerprint density at radius 2 is 1.95 bits per heavy atom. The normalized spacial score (nSPS) is 10.1. The summed E-state index contributed by atoms with van der Waals surface area (Å²) >= 11 is 11.3. The summed E-state index contributed by atoms with van der Waals surface area (Å²) in [5.74, 6) is 0.926. The van der Waals surface area contributed by atoms with Gasteiger partial charge in [0.1, 0.15) is 5.75 Å². The Kier molecular flexibility index (Phi) is 5.19. The molecule has 2 aromatic carbocycles. The zero-order valence-electron chi connectivity index (χ0n) is 11.0. The fourth-order valence-corrected chi connectivity index (χ4v) is 2.30. The van der Waals surface area contributed by atoms with Gasteiger partial charge in [-0.1, -0.05) is 12.1 Å². The minimum Gasteiger partial charge on any atom is -0.439 e. The van der Waals surface area contributed by atoms with Crippen molar-refractivity contribution in [2.45, 2.75) is 0 Å². The molecule has 0 amide bonds. The van der Waals surface area contributed by atoms with Gasteiger partial charge in [0.05, 0.1) is 0 Å². The van der Waals surface area contributed by atoms with Gasteiger partial charge in [-0.25, -0.2) is 4.98 Å². The van der Waals surface area contributed by atoms with Crippen LogP contribution in [0.2, 0.25) is 5.28 Å². The Morgan fingerprint density at radius 3 is 2.68 bits per heavy atom. The smallest absolute Gasteiger partial charge is 0.253 e. The number of carbonyl (C=O) groups is 1. The molecule has 0 aliphatic rings. The topological polar surface area (TPSA) is 52.1 Å². The molecule has 0 fully saturated rings. The monoisotopic (exact) mass is 354 g/mol. The SMILES string of the molecule is Cl.O=C(Cl)c1cccc2cc(Oc3ccnc(Cl)n3)ccc12. The van der Waals surface area contributed by atoms with Crippen molar-refractivity contribution in [1.82, 2.24) is 9.97 Å². The molecule has 1 heterocycles. The first-order valence-corrected chi connectivity index (χ1v) is 6.78. The summed E-state index contributed by atoms with van der Waals surface area (Å²) in [6, 6.07) is 12.2. The van der Waals surface area contributed by atoms with Gasteiger partial charge in [0.25, 0.3) is 5.24 Å². The second-order valence-corrected chi connectivity index (χ2v) is 4.91. The van der Waals surface area contributed by atoms with Crippen LogP contribution in [0.5, 0.6) is 11.6 Å². The van der Waals surface area contributed by atoms with Gasteiger partial charge in [0.2, 0.25) is 11.2 Å². The molecule has 1 aromatic heterocycles. The molecular formula is C15H9Cl3N2O2. The number of benzene rings is 2. The summed E-state index contributed by atoms with van der Waals surface area (Å²) in [6.45, 7) is 0. The molecule has 0 aliphatic carbocycles. The van der Waals surface area contributed by atoms with E-state index in [0.29, 0.717) is 17.2 Å². The molecule has 0 aliphatic heterocycles. The third kappa shape index (κ3) is 3.47. The van der Waals surface area contributed by atoms with Crippen molar-refractivity contribution in [1.29, 1.82) is 0 Å². The second kappa shape index (κ2) is 6.92. The fraction of sp³-hybridized carbons (Fsp3) is 0. The van der Waals surface area contributed by atoms with Crippen molar-refractivity contribution in [2.24, 2.45) is 0 Å². The molecule has 22 heavy (non-hydrogen) atoms. The van der Waals surface area contributed by atoms with Crippen LogP contribution in [0.25, 0.3) is 10.8 Å². The fourth-order valence-electron chi connectivity index (χ4n) is 1.99. The molecule has 0 saturated carbocycles. The highest BCUT2D eigenvalue weighted by atomic mass is 35.5. The van der Waals surface area contributed by atoms with Crippen LogP contribution >= 0.6 is 35.6 Å². The van der Waals surface area contributed by atoms with E-state index in [-0.39, 0.29) is 17.7 Å². The summed E-state index contributed by atoms with van der Waals surface area (Å²) in [5.41, 5.74) is 0.464. The third-order valence-electron chi connectivity index (χ3n) is 2.89. The van der Waals surface area contributed by atoms with E-state index in [9.17, 15) is 4.79 Å². The number of nitrogens with zero attached hydrogens (tertiary/aromatic N) is 2. The standard InChI is InChI=1S/C15H8Cl2N2O2.ClH/c16-14(20)12-3-1-2-9-8-10(4-5-11(9)12)21-13-6-7-18-15(17)19-13;/h1-8H;1H. The van der Waals surface area contributed by atoms with Crippen molar-refractivity contribution in [3.05, 3.63) is 59.5 Å². The number of hydrogen-bond donors (Lipinski definition) is 0. The Bertz CT molecular complexity index is 840. The third-order valence-corrected chi connectivity index (χ3v) is 3.27. The number of halogens is 3. The summed E-state index contributed by atoms with van der Waals surface area (Å²) < 4.78 is 5.61. The summed E-state index contributed by atoms with van der Waals surface area (Å²) in [4.78, 5) is 19.1. The molecule has 0 saturated heterocycles. The van der Waals surface area contributed by atoms with E-state index in [0.717, 1.165) is 10.8 Å². The van der Waals surface area contributed by atoms with Gasteiger partial charge in [-0.2, -0.15) is 4.98 Å². The van der Waals surface area contributed by atoms with Crippen molar-refractivity contribution in [2.75, 3.05) is 0 Å². The molecule has 0 bridgehead atoms. The molecule has 0 atom stereocenters. The molecular weight excluding hydrogens is 347 g/mol. The van der Waals surface area contributed by atoms with Gasteiger partial charge in [0, 0.05) is 17.8 Å². The number of rotatable bonds is 3. The van der Waals surface area contributed by atoms with Gasteiger partial charge in [-0.15, -0.1) is 12.4 Å². The first-order chi connectivity index (χ1) is 10.1. The second-order valence-electron chi connectivity index (χ2n) is 4.23. The minimum atomic E-state index is -0.489. The first-order valence-electron chi connectivity index (χ1n) is 6.02. The Morgan fingerprint density at radius 1 is 1.14 bits per heavy atom. The zero-order chi connectivity index (χ0) is 14.8. The minimum absolute atomic E-state index is 0. The quantitative estimate of drug-likeness (QED) is 0.496. The lowest BCUT2D eigenvalue weighted by molar-refractivity contribution is 0.108. The summed E-state index contributed by atoms with van der Waals surface area (Å²) in [5, 5.41) is 1.24. The lowest BCUT2D eigenvalue weighted by Crippen LogP contribution is -1.92. The first kappa shape index (κ1) is 16.5. The zero-order valence-corrected chi connectivity index (χ0v) is 13.3. The van der Waals surface area contributed by atoms with Crippen LogP contribution in [-0.2, 0) is 0 Å². The van der Waals surface area contributed by atoms with Crippen LogP contribution < -0.4 is 4.74 Å². The van der Waals surface area contributed by atoms with E-state index in [2.05, 4.69) is 9.97 Å². The van der Waals surface area contributed by atoms with Gasteiger partial charge in [-0.05, 0) is 58.2 Å². The van der Waals surface area contributed by atoms with E-state index < -0.39 is 5.24 Å². The van der Waals surface area contributed by atoms with E-state index in [1.54, 1.807) is 36.4 Å². The van der Waals surface area contributed by atoms with Gasteiger partial charge < -0.3 is 4.74 Å². The summed E-state index contributed by atoms with van der Waals surface area (Å²) in [6.07, 6.45) is 1.51. The molecule has 0 radical (unpaired) electrons. The maximum Gasteiger partial charge on any atom is 0.253 e. The maximum atomic E-state index is 11.4. The van der Waals surface area contributed by atoms with Crippen LogP contribution in [0.3, 0.4) is 0 Å². The number of hydrogen-bond acceptors (Lipinski definition) is 4. The predicted octanol–water partition coefficient (Wildman–Crippen LogP) is 4.88. The van der Waals surface area contributed by atoms with E-state index >= 15 is 0 Å². The molecule has 4 nitrogen and oxygen atoms in total. The number of fused-ring (bicyclic) bond motifs is 1. The van der Waals surface area contributed by atoms with Crippen molar-refractivity contribution in [3.8, 4) is 11.6 Å². The molecule has 112 valence electrons. The Balaban J connectivity index is 0.00000176.